The highest BCUT2D eigenvalue weighted by Crippen LogP contribution is 2.45. The zero-order chi connectivity index (χ0) is 20.6. The van der Waals surface area contributed by atoms with Crippen LogP contribution >= 0.6 is 7.60 Å². The lowest BCUT2D eigenvalue weighted by Crippen LogP contribution is -2.33. The van der Waals surface area contributed by atoms with Gasteiger partial charge in [-0.05, 0) is 6.92 Å². The van der Waals surface area contributed by atoms with Crippen LogP contribution in [0.4, 0.5) is 10.7 Å². The van der Waals surface area contributed by atoms with Crippen molar-refractivity contribution in [1.82, 2.24) is 19.5 Å². The fourth-order valence-electron chi connectivity index (χ4n) is 2.66. The van der Waals surface area contributed by atoms with Crippen LogP contribution in [0.1, 0.15) is 13.2 Å². The van der Waals surface area contributed by atoms with Crippen LogP contribution in [0.25, 0.3) is 11.2 Å². The van der Waals surface area contributed by atoms with Crippen LogP contribution in [0.5, 0.6) is 0 Å². The highest BCUT2D eigenvalue weighted by Gasteiger charge is 2.46. The average Bonchev–Trinajstić information content (AvgIpc) is 3.16. The molecule has 1 aliphatic rings. The molecule has 154 valence electrons. The third kappa shape index (κ3) is 3.65. The molecule has 1 unspecified atom stereocenters. The molecule has 0 spiro atoms. The van der Waals surface area contributed by atoms with Crippen molar-refractivity contribution in [3.8, 4) is 0 Å². The summed E-state index contributed by atoms with van der Waals surface area (Å²) < 4.78 is 27.5. The minimum absolute atomic E-state index is 0.00146. The molecule has 0 amide bonds. The number of aromatic amines is 1. The van der Waals surface area contributed by atoms with E-state index in [4.69, 9.17) is 10.5 Å². The van der Waals surface area contributed by atoms with Gasteiger partial charge in [-0.1, -0.05) is 0 Å². The summed E-state index contributed by atoms with van der Waals surface area (Å²) in [5, 5.41) is 20.4. The number of nitrogens with one attached hydrogen (secondary N) is 1. The average molecular weight is 419 g/mol. The van der Waals surface area contributed by atoms with Gasteiger partial charge in [0.15, 0.2) is 17.4 Å². The molecule has 0 radical (unpaired) electrons. The fourth-order valence-corrected chi connectivity index (χ4v) is 3.40. The van der Waals surface area contributed by atoms with Crippen molar-refractivity contribution in [1.29, 1.82) is 0 Å². The monoisotopic (exact) mass is 419 g/mol. The number of H-pyrrole nitrogens is 1. The molecule has 0 aromatic carbocycles. The Labute approximate surface area is 156 Å². The van der Waals surface area contributed by atoms with Gasteiger partial charge < -0.3 is 30.3 Å². The van der Waals surface area contributed by atoms with E-state index in [-0.39, 0.29) is 23.7 Å². The predicted octanol–water partition coefficient (Wildman–Crippen LogP) is -1.32. The zero-order valence-corrected chi connectivity index (χ0v) is 15.4. The largest absolute Gasteiger partial charge is 0.457 e. The number of carbonyl (C=O) groups excluding carboxylic acids is 1. The van der Waals surface area contributed by atoms with Crippen LogP contribution in [0.2, 0.25) is 0 Å². The molecule has 3 heterocycles. The minimum Gasteiger partial charge on any atom is -0.457 e. The second-order valence-electron chi connectivity index (χ2n) is 5.84. The Hall–Kier alpha value is -2.35. The van der Waals surface area contributed by atoms with Gasteiger partial charge in [0, 0.05) is 0 Å². The fraction of sp³-hybridized carbons (Fsp3) is 0.538. The first kappa shape index (κ1) is 20.4. The minimum atomic E-state index is -4.76. The van der Waals surface area contributed by atoms with E-state index in [2.05, 4.69) is 24.2 Å². The molecule has 1 fully saturated rings. The molecule has 6 N–H and O–H groups in total. The van der Waals surface area contributed by atoms with Crippen LogP contribution < -0.4 is 11.3 Å². The van der Waals surface area contributed by atoms with Crippen LogP contribution in [-0.4, -0.2) is 71.9 Å². The number of rotatable bonds is 6. The summed E-state index contributed by atoms with van der Waals surface area (Å²) in [5.41, 5.74) is 3.38. The summed E-state index contributed by atoms with van der Waals surface area (Å²) in [6, 6.07) is 0. The molecule has 14 nitrogen and oxygen atoms in total. The summed E-state index contributed by atoms with van der Waals surface area (Å²) in [5.74, 6) is -0.192. The Morgan fingerprint density at radius 1 is 1.46 bits per heavy atom. The SMILES string of the molecule is CCOC(=O)P(=O)(O)OC[C@H]1O[C@@H](n2cnc3c(=O)[nH]c(N)nc32)[C@H](O)[C@@H]1O. The molecule has 5 atom stereocenters. The molecule has 1 saturated heterocycles. The Morgan fingerprint density at radius 3 is 2.86 bits per heavy atom. The Kier molecular flexibility index (Phi) is 5.52. The maximum atomic E-state index is 11.8. The number of hydrogen-bond donors (Lipinski definition) is 5. The quantitative estimate of drug-likeness (QED) is 0.345. The topological polar surface area (TPSA) is 212 Å². The number of aromatic nitrogens is 4. The molecule has 2 aromatic heterocycles. The number of nitrogens with zero attached hydrogens (tertiary/aromatic N) is 3. The van der Waals surface area contributed by atoms with Gasteiger partial charge in [0.05, 0.1) is 19.5 Å². The summed E-state index contributed by atoms with van der Waals surface area (Å²) in [6.07, 6.45) is -4.42. The number of nitrogens with two attached hydrogens (primary N) is 1. The maximum Gasteiger partial charge on any atom is 0.435 e. The third-order valence-electron chi connectivity index (χ3n) is 3.97. The van der Waals surface area contributed by atoms with E-state index < -0.39 is 50.0 Å². The molecule has 0 saturated carbocycles. The van der Waals surface area contributed by atoms with Crippen molar-refractivity contribution in [3.63, 3.8) is 0 Å². The van der Waals surface area contributed by atoms with Gasteiger partial charge in [0.25, 0.3) is 5.56 Å². The number of anilines is 1. The van der Waals surface area contributed by atoms with Crippen molar-refractivity contribution >= 4 is 30.4 Å². The number of fused-ring (bicyclic) bond motifs is 1. The van der Waals surface area contributed by atoms with Gasteiger partial charge >= 0.3 is 13.3 Å². The number of aliphatic hydroxyl groups excluding tert-OH is 2. The summed E-state index contributed by atoms with van der Waals surface area (Å²) in [4.78, 5) is 42.9. The molecule has 2 aromatic rings. The first-order valence-electron chi connectivity index (χ1n) is 8.04. The highest BCUT2D eigenvalue weighted by molar-refractivity contribution is 7.70. The van der Waals surface area contributed by atoms with Gasteiger partial charge in [-0.15, -0.1) is 0 Å². The van der Waals surface area contributed by atoms with E-state index in [0.717, 1.165) is 6.33 Å². The normalized spacial score (nSPS) is 27.0. The molecule has 15 heteroatoms. The van der Waals surface area contributed by atoms with Crippen molar-refractivity contribution in [2.45, 2.75) is 31.5 Å². The number of hydrogen-bond acceptors (Lipinski definition) is 11. The standard InChI is InChI=1S/C13H18N5O9P/c1-2-25-13(22)28(23,24)26-3-5-7(19)8(20)11(27-5)18-4-15-6-9(18)16-12(14)17-10(6)21/h4-5,7-8,11,19-20H,2-3H2,1H3,(H,23,24)(H3,14,16,17,21)/t5-,7-,8-,11-/m1/s1. The Bertz CT molecular complexity index is 990. The van der Waals surface area contributed by atoms with Crippen molar-refractivity contribution in [2.24, 2.45) is 0 Å². The summed E-state index contributed by atoms with van der Waals surface area (Å²) in [6.45, 7) is 0.632. The molecular formula is C13H18N5O9P. The van der Waals surface area contributed by atoms with Crippen LogP contribution in [0.15, 0.2) is 11.1 Å². The van der Waals surface area contributed by atoms with Crippen molar-refractivity contribution in [3.05, 3.63) is 16.7 Å². The van der Waals surface area contributed by atoms with Gasteiger partial charge in [0.1, 0.15) is 18.3 Å². The second kappa shape index (κ2) is 7.58. The summed E-state index contributed by atoms with van der Waals surface area (Å²) in [7, 11) is -4.76. The smallest absolute Gasteiger partial charge is 0.435 e. The van der Waals surface area contributed by atoms with E-state index >= 15 is 0 Å². The van der Waals surface area contributed by atoms with E-state index in [0.29, 0.717) is 0 Å². The number of aliphatic hydroxyl groups is 2. The number of imidazole rings is 1. The molecule has 3 rings (SSSR count). The predicted molar refractivity (Wildman–Crippen MR) is 91.3 cm³/mol. The second-order valence-corrected chi connectivity index (χ2v) is 7.50. The number of ether oxygens (including phenoxy) is 2. The number of carbonyl (C=O) groups is 1. The lowest BCUT2D eigenvalue weighted by atomic mass is 10.1. The van der Waals surface area contributed by atoms with Crippen molar-refractivity contribution < 1.29 is 38.5 Å². The Morgan fingerprint density at radius 2 is 2.18 bits per heavy atom. The molecule has 28 heavy (non-hydrogen) atoms. The van der Waals surface area contributed by atoms with Crippen LogP contribution in [-0.2, 0) is 18.6 Å². The highest BCUT2D eigenvalue weighted by atomic mass is 31.2. The molecule has 1 aliphatic heterocycles. The van der Waals surface area contributed by atoms with E-state index in [1.165, 1.54) is 11.5 Å². The maximum absolute atomic E-state index is 11.8. The van der Waals surface area contributed by atoms with Gasteiger partial charge in [-0.3, -0.25) is 18.9 Å². The lowest BCUT2D eigenvalue weighted by molar-refractivity contribution is -0.0483. The van der Waals surface area contributed by atoms with E-state index in [1.807, 2.05) is 0 Å². The molecule has 0 aliphatic carbocycles. The van der Waals surface area contributed by atoms with Crippen LogP contribution in [0.3, 0.4) is 0 Å². The van der Waals surface area contributed by atoms with Crippen LogP contribution in [0, 0.1) is 0 Å². The van der Waals surface area contributed by atoms with E-state index in [9.17, 15) is 29.3 Å². The third-order valence-corrected chi connectivity index (χ3v) is 5.06. The van der Waals surface area contributed by atoms with Gasteiger partial charge in [-0.25, -0.2) is 14.3 Å². The lowest BCUT2D eigenvalue weighted by Gasteiger charge is -2.17. The molecular weight excluding hydrogens is 401 g/mol. The van der Waals surface area contributed by atoms with Crippen molar-refractivity contribution in [2.75, 3.05) is 18.9 Å². The van der Waals surface area contributed by atoms with E-state index in [1.54, 1.807) is 0 Å². The summed E-state index contributed by atoms with van der Waals surface area (Å²) >= 11 is 0. The zero-order valence-electron chi connectivity index (χ0n) is 14.5. The Balaban J connectivity index is 1.79. The molecule has 0 bridgehead atoms. The van der Waals surface area contributed by atoms with Gasteiger partial charge in [0.2, 0.25) is 5.95 Å². The first-order valence-corrected chi connectivity index (χ1v) is 9.62. The first-order chi connectivity index (χ1) is 13.2. The number of nitrogen functional groups attached to an aromatic ring is 1. The van der Waals surface area contributed by atoms with Gasteiger partial charge in [-0.2, -0.15) is 4.98 Å².